The summed E-state index contributed by atoms with van der Waals surface area (Å²) < 4.78 is 0. The lowest BCUT2D eigenvalue weighted by Gasteiger charge is -2.11. The molecule has 0 aromatic heterocycles. The van der Waals surface area contributed by atoms with Crippen LogP contribution in [0.2, 0.25) is 0 Å². The van der Waals surface area contributed by atoms with Crippen LogP contribution in [0.25, 0.3) is 0 Å². The SMILES string of the molecule is C=C(C=C(C)C)NCC1CC1(C)CCC=C(C)C. The number of hydrogen-bond donors (Lipinski definition) is 1. The quantitative estimate of drug-likeness (QED) is 0.502. The zero-order valence-electron chi connectivity index (χ0n) is 12.8. The molecule has 0 radical (unpaired) electrons. The molecule has 0 aromatic carbocycles. The summed E-state index contributed by atoms with van der Waals surface area (Å²) in [7, 11) is 0. The van der Waals surface area contributed by atoms with Crippen LogP contribution >= 0.6 is 0 Å². The first-order valence-electron chi connectivity index (χ1n) is 7.04. The molecule has 1 heteroatoms. The Morgan fingerprint density at radius 1 is 1.28 bits per heavy atom. The summed E-state index contributed by atoms with van der Waals surface area (Å²) in [5.41, 5.74) is 4.35. The van der Waals surface area contributed by atoms with Crippen molar-refractivity contribution in [3.05, 3.63) is 35.6 Å². The second kappa shape index (κ2) is 6.26. The fourth-order valence-electron chi connectivity index (χ4n) is 2.47. The third-order valence-electron chi connectivity index (χ3n) is 3.84. The Morgan fingerprint density at radius 2 is 1.94 bits per heavy atom. The van der Waals surface area contributed by atoms with Gasteiger partial charge in [-0.1, -0.05) is 30.7 Å². The molecular weight excluding hydrogens is 218 g/mol. The number of rotatable bonds is 7. The normalized spacial score (nSPS) is 25.3. The van der Waals surface area contributed by atoms with Gasteiger partial charge in [-0.2, -0.15) is 0 Å². The third-order valence-corrected chi connectivity index (χ3v) is 3.84. The van der Waals surface area contributed by atoms with Gasteiger partial charge < -0.3 is 5.32 Å². The van der Waals surface area contributed by atoms with Crippen LogP contribution in [0.1, 0.15) is 53.9 Å². The molecule has 0 aliphatic heterocycles. The molecule has 0 heterocycles. The van der Waals surface area contributed by atoms with Crippen LogP contribution in [-0.2, 0) is 0 Å². The second-order valence-electron chi connectivity index (χ2n) is 6.50. The van der Waals surface area contributed by atoms with E-state index >= 15 is 0 Å². The van der Waals surface area contributed by atoms with Crippen molar-refractivity contribution < 1.29 is 0 Å². The minimum atomic E-state index is 0.560. The molecule has 18 heavy (non-hydrogen) atoms. The molecule has 1 fully saturated rings. The Balaban J connectivity index is 2.25. The van der Waals surface area contributed by atoms with Gasteiger partial charge in [-0.3, -0.25) is 0 Å². The predicted molar refractivity (Wildman–Crippen MR) is 81.5 cm³/mol. The fourth-order valence-corrected chi connectivity index (χ4v) is 2.47. The van der Waals surface area contributed by atoms with Gasteiger partial charge in [-0.05, 0) is 64.4 Å². The molecule has 1 rings (SSSR count). The summed E-state index contributed by atoms with van der Waals surface area (Å²) in [5, 5.41) is 3.44. The van der Waals surface area contributed by atoms with E-state index in [1.165, 1.54) is 30.4 Å². The van der Waals surface area contributed by atoms with Crippen molar-refractivity contribution in [2.45, 2.75) is 53.9 Å². The van der Waals surface area contributed by atoms with Crippen LogP contribution in [0, 0.1) is 11.3 Å². The van der Waals surface area contributed by atoms with Crippen LogP contribution in [0.5, 0.6) is 0 Å². The first-order chi connectivity index (χ1) is 8.33. The molecule has 102 valence electrons. The first-order valence-corrected chi connectivity index (χ1v) is 7.04. The van der Waals surface area contributed by atoms with E-state index in [4.69, 9.17) is 0 Å². The van der Waals surface area contributed by atoms with E-state index in [1.54, 1.807) is 0 Å². The number of nitrogens with one attached hydrogen (secondary N) is 1. The van der Waals surface area contributed by atoms with E-state index in [1.807, 2.05) is 0 Å². The van der Waals surface area contributed by atoms with Gasteiger partial charge in [-0.25, -0.2) is 0 Å². The second-order valence-corrected chi connectivity index (χ2v) is 6.50. The average molecular weight is 247 g/mol. The van der Waals surface area contributed by atoms with Gasteiger partial charge in [-0.15, -0.1) is 0 Å². The van der Waals surface area contributed by atoms with E-state index < -0.39 is 0 Å². The Labute approximate surface area is 113 Å². The van der Waals surface area contributed by atoms with Gasteiger partial charge in [0.25, 0.3) is 0 Å². The van der Waals surface area contributed by atoms with Crippen molar-refractivity contribution in [2.24, 2.45) is 11.3 Å². The standard InChI is InChI=1S/C17H29N/c1-13(2)8-7-9-17(6)11-16(17)12-18-15(5)10-14(3)4/h8,10,16,18H,5,7,9,11-12H2,1-4,6H3. The summed E-state index contributed by atoms with van der Waals surface area (Å²) in [4.78, 5) is 0. The van der Waals surface area contributed by atoms with Crippen LogP contribution in [-0.4, -0.2) is 6.54 Å². The lowest BCUT2D eigenvalue weighted by atomic mass is 9.99. The monoisotopic (exact) mass is 247 g/mol. The Morgan fingerprint density at radius 3 is 2.50 bits per heavy atom. The van der Waals surface area contributed by atoms with E-state index in [-0.39, 0.29) is 0 Å². The molecule has 1 aliphatic carbocycles. The highest BCUT2D eigenvalue weighted by Crippen LogP contribution is 2.55. The zero-order valence-corrected chi connectivity index (χ0v) is 12.8. The zero-order chi connectivity index (χ0) is 13.8. The highest BCUT2D eigenvalue weighted by atomic mass is 14.9. The molecule has 2 unspecified atom stereocenters. The van der Waals surface area contributed by atoms with Crippen molar-refractivity contribution in [2.75, 3.05) is 6.54 Å². The Bertz CT molecular complexity index is 354. The van der Waals surface area contributed by atoms with E-state index in [0.717, 1.165) is 18.2 Å². The summed E-state index contributed by atoms with van der Waals surface area (Å²) in [6.45, 7) is 16.1. The molecule has 0 amide bonds. The molecule has 1 nitrogen and oxygen atoms in total. The Kier molecular flexibility index (Phi) is 5.25. The molecule has 1 N–H and O–H groups in total. The summed E-state index contributed by atoms with van der Waals surface area (Å²) in [5.74, 6) is 0.824. The first kappa shape index (κ1) is 15.1. The van der Waals surface area contributed by atoms with Crippen molar-refractivity contribution in [3.8, 4) is 0 Å². The number of allylic oxidation sites excluding steroid dienone is 4. The molecule has 1 saturated carbocycles. The molecule has 0 saturated heterocycles. The molecular formula is C17H29N. The summed E-state index contributed by atoms with van der Waals surface area (Å²) in [6.07, 6.45) is 8.38. The maximum absolute atomic E-state index is 4.03. The lowest BCUT2D eigenvalue weighted by molar-refractivity contribution is 0.458. The Hall–Kier alpha value is -0.980. The van der Waals surface area contributed by atoms with Crippen molar-refractivity contribution in [1.82, 2.24) is 5.32 Å². The lowest BCUT2D eigenvalue weighted by Crippen LogP contribution is -2.17. The maximum atomic E-state index is 4.03. The highest BCUT2D eigenvalue weighted by molar-refractivity contribution is 5.17. The van der Waals surface area contributed by atoms with Gasteiger partial charge in [0.15, 0.2) is 0 Å². The molecule has 2 atom stereocenters. The van der Waals surface area contributed by atoms with Gasteiger partial charge in [0, 0.05) is 12.2 Å². The maximum Gasteiger partial charge on any atom is 0.0266 e. The smallest absolute Gasteiger partial charge is 0.0266 e. The van der Waals surface area contributed by atoms with Crippen molar-refractivity contribution >= 4 is 0 Å². The predicted octanol–water partition coefficient (Wildman–Crippen LogP) is 4.83. The van der Waals surface area contributed by atoms with E-state index in [0.29, 0.717) is 5.41 Å². The molecule has 0 spiro atoms. The van der Waals surface area contributed by atoms with E-state index in [9.17, 15) is 0 Å². The molecule has 1 aliphatic rings. The van der Waals surface area contributed by atoms with Gasteiger partial charge in [0.2, 0.25) is 0 Å². The van der Waals surface area contributed by atoms with Crippen LogP contribution in [0.4, 0.5) is 0 Å². The fraction of sp³-hybridized carbons (Fsp3) is 0.647. The third kappa shape index (κ3) is 5.12. The topological polar surface area (TPSA) is 12.0 Å². The average Bonchev–Trinajstić information content (AvgIpc) is 2.85. The van der Waals surface area contributed by atoms with Gasteiger partial charge in [0.1, 0.15) is 0 Å². The number of hydrogen-bond acceptors (Lipinski definition) is 1. The minimum Gasteiger partial charge on any atom is -0.385 e. The largest absolute Gasteiger partial charge is 0.385 e. The summed E-state index contributed by atoms with van der Waals surface area (Å²) in [6, 6.07) is 0. The van der Waals surface area contributed by atoms with Crippen LogP contribution in [0.15, 0.2) is 35.6 Å². The van der Waals surface area contributed by atoms with E-state index in [2.05, 4.69) is 58.7 Å². The summed E-state index contributed by atoms with van der Waals surface area (Å²) >= 11 is 0. The van der Waals surface area contributed by atoms with Crippen LogP contribution < -0.4 is 5.32 Å². The minimum absolute atomic E-state index is 0.560. The molecule has 0 bridgehead atoms. The van der Waals surface area contributed by atoms with Gasteiger partial charge in [0.05, 0.1) is 0 Å². The molecule has 0 aromatic rings. The van der Waals surface area contributed by atoms with Gasteiger partial charge >= 0.3 is 0 Å². The van der Waals surface area contributed by atoms with Crippen molar-refractivity contribution in [3.63, 3.8) is 0 Å². The van der Waals surface area contributed by atoms with Crippen LogP contribution in [0.3, 0.4) is 0 Å². The van der Waals surface area contributed by atoms with Crippen molar-refractivity contribution in [1.29, 1.82) is 0 Å². The highest BCUT2D eigenvalue weighted by Gasteiger charge is 2.48.